The van der Waals surface area contributed by atoms with Crippen molar-refractivity contribution >= 4 is 11.1 Å². The summed E-state index contributed by atoms with van der Waals surface area (Å²) >= 11 is 0. The maximum Gasteiger partial charge on any atom is 0.195 e. The van der Waals surface area contributed by atoms with Crippen LogP contribution in [0.2, 0.25) is 0 Å². The van der Waals surface area contributed by atoms with Crippen LogP contribution in [0.4, 0.5) is 0 Å². The van der Waals surface area contributed by atoms with Gasteiger partial charge in [-0.3, -0.25) is 4.79 Å². The maximum absolute atomic E-state index is 11.6. The average molecular weight is 284 g/mol. The van der Waals surface area contributed by atoms with Gasteiger partial charge in [-0.2, -0.15) is 0 Å². The summed E-state index contributed by atoms with van der Waals surface area (Å²) in [4.78, 5) is 11.6. The summed E-state index contributed by atoms with van der Waals surface area (Å²) in [5, 5.41) is 0. The molecular weight excluding hydrogens is 264 g/mol. The maximum atomic E-state index is 11.6. The van der Waals surface area contributed by atoms with Crippen molar-refractivity contribution in [3.8, 4) is 0 Å². The van der Waals surface area contributed by atoms with Gasteiger partial charge in [0.25, 0.3) is 0 Å². The number of hydrogen-bond acceptors (Lipinski definition) is 1. The molecule has 0 unspecified atom stereocenters. The van der Waals surface area contributed by atoms with Crippen molar-refractivity contribution < 1.29 is 75.5 Å². The fourth-order valence-electron chi connectivity index (χ4n) is 2.06. The Morgan fingerprint density at radius 2 is 1.06 bits per heavy atom. The van der Waals surface area contributed by atoms with E-state index >= 15 is 0 Å². The molecule has 0 N–H and O–H groups in total. The van der Waals surface area contributed by atoms with Crippen molar-refractivity contribution in [1.82, 2.24) is 0 Å². The minimum Gasteiger partial charge on any atom is -0.289 e. The van der Waals surface area contributed by atoms with E-state index in [0.717, 1.165) is 24.0 Å². The van der Waals surface area contributed by atoms with E-state index in [0.29, 0.717) is 0 Å². The monoisotopic (exact) mass is 284 g/mol. The molecule has 1 aliphatic carbocycles. The van der Waals surface area contributed by atoms with Gasteiger partial charge in [0, 0.05) is 86.6 Å². The molecule has 0 amide bonds. The van der Waals surface area contributed by atoms with Gasteiger partial charge in [0.15, 0.2) is 5.43 Å². The second kappa shape index (κ2) is 7.87. The van der Waals surface area contributed by atoms with Crippen LogP contribution in [-0.2, 0) is 0 Å². The molecule has 98 valence electrons. The smallest absolute Gasteiger partial charge is 0.195 e. The molecule has 0 bridgehead atoms. The molecular formula is C14H20Ar2O. The number of allylic oxidation sites excluding steroid dienone is 4. The van der Waals surface area contributed by atoms with Crippen LogP contribution in [0, 0.1) is 75.5 Å². The Bertz CT molecular complexity index is 430. The Morgan fingerprint density at radius 1 is 0.765 bits per heavy atom. The predicted octanol–water partition coefficient (Wildman–Crippen LogP) is 3.94. The first-order valence-electron chi connectivity index (χ1n) is 5.16. The Kier molecular flexibility index (Phi) is 9.59. The van der Waals surface area contributed by atoms with Gasteiger partial charge < -0.3 is 0 Å². The zero-order valence-electron chi connectivity index (χ0n) is 10.0. The SMILES string of the molecule is C.C/C1=C(\C)c2c(c2=O)/C(C)=C(/C)CC1.[Ar].[Ar]. The summed E-state index contributed by atoms with van der Waals surface area (Å²) in [5.74, 6) is 0. The molecule has 0 fully saturated rings. The van der Waals surface area contributed by atoms with Gasteiger partial charge in [0.05, 0.1) is 0 Å². The molecule has 0 saturated heterocycles. The number of rotatable bonds is 0. The van der Waals surface area contributed by atoms with Gasteiger partial charge in [-0.25, -0.2) is 0 Å². The predicted molar refractivity (Wildman–Crippen MR) is 67.6 cm³/mol. The number of hydrogen-bond donors (Lipinski definition) is 0. The molecule has 17 heavy (non-hydrogen) atoms. The third-order valence-corrected chi connectivity index (χ3v) is 3.55. The van der Waals surface area contributed by atoms with Gasteiger partial charge in [-0.15, -0.1) is 0 Å². The quantitative estimate of drug-likeness (QED) is 0.705. The van der Waals surface area contributed by atoms with Crippen molar-refractivity contribution in [1.29, 1.82) is 0 Å². The summed E-state index contributed by atoms with van der Waals surface area (Å²) < 4.78 is 0. The van der Waals surface area contributed by atoms with E-state index < -0.39 is 0 Å². The molecule has 1 aliphatic rings. The second-order valence-corrected chi connectivity index (χ2v) is 4.39. The first-order chi connectivity index (χ1) is 6.54. The van der Waals surface area contributed by atoms with E-state index in [-0.39, 0.29) is 88.3 Å². The topological polar surface area (TPSA) is 17.1 Å². The van der Waals surface area contributed by atoms with Crippen molar-refractivity contribution in [2.45, 2.75) is 48.0 Å². The van der Waals surface area contributed by atoms with E-state index in [1.54, 1.807) is 0 Å². The van der Waals surface area contributed by atoms with Crippen LogP contribution in [0.3, 0.4) is 0 Å². The van der Waals surface area contributed by atoms with Crippen LogP contribution in [0.25, 0.3) is 11.1 Å². The molecule has 0 radical (unpaired) electrons. The van der Waals surface area contributed by atoms with Crippen LogP contribution >= 0.6 is 0 Å². The summed E-state index contributed by atoms with van der Waals surface area (Å²) in [6, 6.07) is 0. The van der Waals surface area contributed by atoms with E-state index in [9.17, 15) is 4.79 Å². The first-order valence-corrected chi connectivity index (χ1v) is 5.16. The summed E-state index contributed by atoms with van der Waals surface area (Å²) in [5.41, 5.74) is 7.46. The van der Waals surface area contributed by atoms with Crippen LogP contribution in [-0.4, -0.2) is 0 Å². The third-order valence-electron chi connectivity index (χ3n) is 3.55. The van der Waals surface area contributed by atoms with Gasteiger partial charge in [-0.1, -0.05) is 18.6 Å². The fraction of sp³-hybridized carbons (Fsp3) is 0.500. The van der Waals surface area contributed by atoms with E-state index in [4.69, 9.17) is 0 Å². The van der Waals surface area contributed by atoms with Gasteiger partial charge in [-0.05, 0) is 51.7 Å². The molecule has 0 aliphatic heterocycles. The van der Waals surface area contributed by atoms with Crippen LogP contribution in [0.1, 0.15) is 59.1 Å². The number of fused-ring (bicyclic) bond motifs is 1. The van der Waals surface area contributed by atoms with Crippen molar-refractivity contribution in [3.05, 3.63) is 32.5 Å². The Balaban J connectivity index is 0. The van der Waals surface area contributed by atoms with E-state index in [1.807, 2.05) is 0 Å². The van der Waals surface area contributed by atoms with E-state index in [1.165, 1.54) is 22.3 Å². The van der Waals surface area contributed by atoms with Crippen LogP contribution in [0.15, 0.2) is 15.9 Å². The molecule has 0 atom stereocenters. The Labute approximate surface area is 164 Å². The molecule has 2 rings (SSSR count). The fourth-order valence-corrected chi connectivity index (χ4v) is 2.06. The van der Waals surface area contributed by atoms with Gasteiger partial charge in [0.1, 0.15) is 0 Å². The summed E-state index contributed by atoms with van der Waals surface area (Å²) in [7, 11) is 0. The van der Waals surface area contributed by atoms with Crippen LogP contribution < -0.4 is 5.43 Å². The molecule has 0 saturated carbocycles. The third kappa shape index (κ3) is 3.94. The molecule has 0 heterocycles. The van der Waals surface area contributed by atoms with Gasteiger partial charge in [0.2, 0.25) is 0 Å². The first kappa shape index (κ1) is 20.7. The molecule has 0 spiro atoms. The zero-order valence-corrected chi connectivity index (χ0v) is 11.4. The zero-order chi connectivity index (χ0) is 10.5. The average Bonchev–Trinajstić information content (AvgIpc) is 2.82. The van der Waals surface area contributed by atoms with Crippen molar-refractivity contribution in [2.24, 2.45) is 0 Å². The summed E-state index contributed by atoms with van der Waals surface area (Å²) in [6.07, 6.45) is 2.19. The van der Waals surface area contributed by atoms with Gasteiger partial charge >= 0.3 is 0 Å². The molecule has 1 aromatic rings. The minimum atomic E-state index is 0. The Morgan fingerprint density at radius 3 is 1.35 bits per heavy atom. The van der Waals surface area contributed by atoms with Crippen LogP contribution in [0.5, 0.6) is 0 Å². The van der Waals surface area contributed by atoms with E-state index in [2.05, 4.69) is 27.7 Å². The van der Waals surface area contributed by atoms with Crippen molar-refractivity contribution in [3.63, 3.8) is 0 Å². The molecule has 3 heteroatoms. The largest absolute Gasteiger partial charge is 0.289 e. The normalized spacial score (nSPS) is 23.8. The molecule has 0 aromatic heterocycles. The standard InChI is InChI=1S/C13H16O.CH4.2Ar/c1-7-5-6-8(2)10(4)12-11(9(7)3)13(12)14;;;/h5-6H2,1-4H3;1H4;;/b9-7-,10-8-;;;. The van der Waals surface area contributed by atoms with Crippen molar-refractivity contribution in [2.75, 3.05) is 0 Å². The second-order valence-electron chi connectivity index (χ2n) is 4.39. The minimum absolute atomic E-state index is 0. The Hall–Kier alpha value is 1.41. The molecule has 1 nitrogen and oxygen atoms in total. The molecule has 1 aromatic carbocycles. The summed E-state index contributed by atoms with van der Waals surface area (Å²) in [6.45, 7) is 8.42.